The van der Waals surface area contributed by atoms with E-state index in [1.807, 2.05) is 20.8 Å². The average Bonchev–Trinajstić information content (AvgIpc) is 2.26. The van der Waals surface area contributed by atoms with Gasteiger partial charge in [0, 0.05) is 12.6 Å². The molecule has 1 aromatic heterocycles. The Balaban J connectivity index is 2.99. The van der Waals surface area contributed by atoms with Gasteiger partial charge < -0.3 is 16.2 Å². The first-order valence-corrected chi connectivity index (χ1v) is 6.03. The zero-order valence-electron chi connectivity index (χ0n) is 11.4. The molecule has 0 spiro atoms. The number of hydrogen-bond donors (Lipinski definition) is 3. The number of rotatable bonds is 5. The second-order valence-corrected chi connectivity index (χ2v) is 5.47. The molecule has 0 aromatic carbocycles. The molecule has 0 bridgehead atoms. The van der Waals surface area contributed by atoms with E-state index in [-0.39, 0.29) is 29.6 Å². The summed E-state index contributed by atoms with van der Waals surface area (Å²) < 4.78 is 0. The molecule has 0 saturated carbocycles. The van der Waals surface area contributed by atoms with Crippen molar-refractivity contribution in [1.82, 2.24) is 4.98 Å². The van der Waals surface area contributed by atoms with Crippen LogP contribution in [0.1, 0.15) is 27.2 Å². The van der Waals surface area contributed by atoms with E-state index < -0.39 is 4.92 Å². The number of aliphatic hydroxyl groups excluding tert-OH is 1. The molecule has 0 aliphatic carbocycles. The van der Waals surface area contributed by atoms with Crippen molar-refractivity contribution in [1.29, 1.82) is 0 Å². The Bertz CT molecular complexity index is 457. The van der Waals surface area contributed by atoms with E-state index in [0.717, 1.165) is 0 Å². The standard InChI is InChI=1S/C12H20N4O3/c1-12(2,3)9(4-5-17)14-11-7-8(16(18)19)6-10(13)15-11/h6-7,9,17H,4-5H2,1-3H3,(H3,13,14,15). The van der Waals surface area contributed by atoms with Crippen LogP contribution in [0, 0.1) is 15.5 Å². The van der Waals surface area contributed by atoms with Gasteiger partial charge in [-0.05, 0) is 11.8 Å². The fourth-order valence-electron chi connectivity index (χ4n) is 1.75. The number of nitro groups is 1. The zero-order valence-corrected chi connectivity index (χ0v) is 11.4. The highest BCUT2D eigenvalue weighted by atomic mass is 16.6. The van der Waals surface area contributed by atoms with Gasteiger partial charge in [0.1, 0.15) is 11.6 Å². The van der Waals surface area contributed by atoms with Gasteiger partial charge in [0.2, 0.25) is 0 Å². The maximum atomic E-state index is 10.8. The lowest BCUT2D eigenvalue weighted by Gasteiger charge is -2.31. The molecule has 19 heavy (non-hydrogen) atoms. The van der Waals surface area contributed by atoms with E-state index in [1.54, 1.807) is 0 Å². The average molecular weight is 268 g/mol. The maximum absolute atomic E-state index is 10.8. The summed E-state index contributed by atoms with van der Waals surface area (Å²) in [4.78, 5) is 14.3. The van der Waals surface area contributed by atoms with E-state index >= 15 is 0 Å². The zero-order chi connectivity index (χ0) is 14.6. The van der Waals surface area contributed by atoms with Crippen LogP contribution in [0.2, 0.25) is 0 Å². The summed E-state index contributed by atoms with van der Waals surface area (Å²) in [6.07, 6.45) is 0.522. The van der Waals surface area contributed by atoms with E-state index in [9.17, 15) is 10.1 Å². The first-order valence-electron chi connectivity index (χ1n) is 6.03. The highest BCUT2D eigenvalue weighted by Crippen LogP contribution is 2.27. The van der Waals surface area contributed by atoms with Gasteiger partial charge >= 0.3 is 0 Å². The van der Waals surface area contributed by atoms with Crippen molar-refractivity contribution < 1.29 is 10.0 Å². The minimum absolute atomic E-state index is 0.0271. The van der Waals surface area contributed by atoms with Crippen molar-refractivity contribution in [3.8, 4) is 0 Å². The van der Waals surface area contributed by atoms with Crippen LogP contribution in [0.25, 0.3) is 0 Å². The quantitative estimate of drug-likeness (QED) is 0.554. The van der Waals surface area contributed by atoms with Crippen LogP contribution in [0.3, 0.4) is 0 Å². The molecule has 1 atom stereocenters. The van der Waals surface area contributed by atoms with E-state index in [2.05, 4.69) is 10.3 Å². The molecule has 0 aliphatic heterocycles. The van der Waals surface area contributed by atoms with Gasteiger partial charge in [-0.2, -0.15) is 0 Å². The lowest BCUT2D eigenvalue weighted by atomic mass is 9.85. The molecule has 4 N–H and O–H groups in total. The number of hydrogen-bond acceptors (Lipinski definition) is 6. The molecule has 1 heterocycles. The van der Waals surface area contributed by atoms with Crippen molar-refractivity contribution in [3.63, 3.8) is 0 Å². The number of pyridine rings is 1. The summed E-state index contributed by atoms with van der Waals surface area (Å²) in [6.45, 7) is 6.07. The molecule has 1 aromatic rings. The van der Waals surface area contributed by atoms with Crippen LogP contribution in [0.5, 0.6) is 0 Å². The molecule has 0 fully saturated rings. The van der Waals surface area contributed by atoms with Crippen LogP contribution in [0.4, 0.5) is 17.3 Å². The first kappa shape index (κ1) is 15.2. The molecule has 0 amide bonds. The first-order chi connectivity index (χ1) is 8.74. The molecule has 7 nitrogen and oxygen atoms in total. The molecular formula is C12H20N4O3. The predicted molar refractivity (Wildman–Crippen MR) is 73.9 cm³/mol. The van der Waals surface area contributed by atoms with Gasteiger partial charge in [0.05, 0.1) is 17.1 Å². The number of anilines is 2. The van der Waals surface area contributed by atoms with Gasteiger partial charge in [-0.3, -0.25) is 10.1 Å². The Kier molecular flexibility index (Phi) is 4.66. The number of aliphatic hydroxyl groups is 1. The highest BCUT2D eigenvalue weighted by Gasteiger charge is 2.25. The third-order valence-corrected chi connectivity index (χ3v) is 2.83. The number of nitrogens with zero attached hydrogens (tertiary/aromatic N) is 2. The van der Waals surface area contributed by atoms with E-state index in [4.69, 9.17) is 10.8 Å². The van der Waals surface area contributed by atoms with Crippen molar-refractivity contribution in [2.24, 2.45) is 5.41 Å². The molecule has 0 radical (unpaired) electrons. The summed E-state index contributed by atoms with van der Waals surface area (Å²) in [5.74, 6) is 0.438. The van der Waals surface area contributed by atoms with Crippen molar-refractivity contribution in [3.05, 3.63) is 22.2 Å². The molecule has 1 unspecified atom stereocenters. The Morgan fingerprint density at radius 2 is 2.16 bits per heavy atom. The second-order valence-electron chi connectivity index (χ2n) is 5.47. The smallest absolute Gasteiger partial charge is 0.276 e. The van der Waals surface area contributed by atoms with Crippen molar-refractivity contribution in [2.75, 3.05) is 17.7 Å². The van der Waals surface area contributed by atoms with Gasteiger partial charge in [0.15, 0.2) is 0 Å². The lowest BCUT2D eigenvalue weighted by Crippen LogP contribution is -2.35. The Morgan fingerprint density at radius 3 is 2.63 bits per heavy atom. The normalized spacial score (nSPS) is 13.1. The maximum Gasteiger partial charge on any atom is 0.276 e. The fraction of sp³-hybridized carbons (Fsp3) is 0.583. The van der Waals surface area contributed by atoms with Crippen LogP contribution in [-0.4, -0.2) is 27.7 Å². The number of aromatic nitrogens is 1. The number of nitrogens with two attached hydrogens (primary N) is 1. The predicted octanol–water partition coefficient (Wildman–Crippen LogP) is 1.78. The topological polar surface area (TPSA) is 114 Å². The van der Waals surface area contributed by atoms with Gasteiger partial charge in [0.25, 0.3) is 5.69 Å². The van der Waals surface area contributed by atoms with Crippen LogP contribution < -0.4 is 11.1 Å². The summed E-state index contributed by atoms with van der Waals surface area (Å²) in [5, 5.41) is 23.0. The van der Waals surface area contributed by atoms with Gasteiger partial charge in [-0.25, -0.2) is 4.98 Å². The Labute approximate surface area is 112 Å². The van der Waals surface area contributed by atoms with Gasteiger partial charge in [-0.1, -0.05) is 20.8 Å². The molecule has 7 heteroatoms. The molecular weight excluding hydrogens is 248 g/mol. The minimum atomic E-state index is -0.513. The fourth-order valence-corrected chi connectivity index (χ4v) is 1.75. The Morgan fingerprint density at radius 1 is 1.53 bits per heavy atom. The van der Waals surface area contributed by atoms with E-state index in [0.29, 0.717) is 12.2 Å². The second kappa shape index (κ2) is 5.83. The summed E-state index contributed by atoms with van der Waals surface area (Å²) in [6, 6.07) is 2.49. The summed E-state index contributed by atoms with van der Waals surface area (Å²) >= 11 is 0. The van der Waals surface area contributed by atoms with Crippen LogP contribution in [0.15, 0.2) is 12.1 Å². The number of nitrogen functional groups attached to an aromatic ring is 1. The van der Waals surface area contributed by atoms with Crippen molar-refractivity contribution in [2.45, 2.75) is 33.2 Å². The Hall–Kier alpha value is -1.89. The monoisotopic (exact) mass is 268 g/mol. The van der Waals surface area contributed by atoms with Gasteiger partial charge in [-0.15, -0.1) is 0 Å². The molecule has 0 aliphatic rings. The molecule has 0 saturated heterocycles. The summed E-state index contributed by atoms with van der Waals surface area (Å²) in [7, 11) is 0. The minimum Gasteiger partial charge on any atom is -0.396 e. The van der Waals surface area contributed by atoms with Crippen molar-refractivity contribution >= 4 is 17.3 Å². The molecule has 1 rings (SSSR count). The van der Waals surface area contributed by atoms with Crippen LogP contribution in [-0.2, 0) is 0 Å². The summed E-state index contributed by atoms with van der Waals surface area (Å²) in [5.41, 5.74) is 5.32. The van der Waals surface area contributed by atoms with E-state index in [1.165, 1.54) is 12.1 Å². The largest absolute Gasteiger partial charge is 0.396 e. The lowest BCUT2D eigenvalue weighted by molar-refractivity contribution is -0.384. The third kappa shape index (κ3) is 4.36. The number of nitrogens with one attached hydrogen (secondary N) is 1. The highest BCUT2D eigenvalue weighted by molar-refractivity contribution is 5.53. The third-order valence-electron chi connectivity index (χ3n) is 2.83. The molecule has 106 valence electrons. The van der Waals surface area contributed by atoms with Crippen LogP contribution >= 0.6 is 0 Å². The SMILES string of the molecule is CC(C)(C)C(CCO)Nc1cc([N+](=O)[O-])cc(N)n1.